The molecule has 3 aromatic rings. The molecule has 7 nitrogen and oxygen atoms in total. The van der Waals surface area contributed by atoms with Crippen LogP contribution in [0.1, 0.15) is 31.8 Å². The number of rotatable bonds is 5. The zero-order valence-electron chi connectivity index (χ0n) is 17.1. The van der Waals surface area contributed by atoms with Gasteiger partial charge >= 0.3 is 0 Å². The monoisotopic (exact) mass is 417 g/mol. The van der Waals surface area contributed by atoms with Crippen LogP contribution in [0, 0.1) is 0 Å². The van der Waals surface area contributed by atoms with Gasteiger partial charge in [0.15, 0.2) is 0 Å². The Balaban J connectivity index is 1.31. The van der Waals surface area contributed by atoms with Crippen LogP contribution in [-0.4, -0.2) is 65.4 Å². The Kier molecular flexibility index (Phi) is 5.03. The number of nitrogens with one attached hydrogen (secondary N) is 1. The van der Waals surface area contributed by atoms with Crippen molar-refractivity contribution in [3.8, 4) is 0 Å². The average Bonchev–Trinajstić information content (AvgIpc) is 3.31. The highest BCUT2D eigenvalue weighted by Crippen LogP contribution is 2.25. The Morgan fingerprint density at radius 1 is 1.00 bits per heavy atom. The lowest BCUT2D eigenvalue weighted by atomic mass is 10.0. The maximum atomic E-state index is 12.6. The van der Waals surface area contributed by atoms with Gasteiger partial charge in [0.25, 0.3) is 11.8 Å². The lowest BCUT2D eigenvalue weighted by Gasteiger charge is -2.26. The molecule has 0 spiro atoms. The summed E-state index contributed by atoms with van der Waals surface area (Å²) in [7, 11) is 0. The van der Waals surface area contributed by atoms with Gasteiger partial charge < -0.3 is 14.6 Å². The number of carbonyl (C=O) groups is 3. The Bertz CT molecular complexity index is 1140. The number of aromatic nitrogens is 1. The van der Waals surface area contributed by atoms with Gasteiger partial charge in [-0.05, 0) is 41.8 Å². The van der Waals surface area contributed by atoms with Crippen molar-refractivity contribution in [1.29, 1.82) is 0 Å². The minimum Gasteiger partial charge on any atom is -0.378 e. The Morgan fingerprint density at radius 2 is 1.71 bits per heavy atom. The minimum atomic E-state index is -0.239. The number of aromatic amines is 1. The number of hydrogen-bond acceptors (Lipinski definition) is 4. The first-order valence-corrected chi connectivity index (χ1v) is 10.5. The van der Waals surface area contributed by atoms with E-state index in [1.807, 2.05) is 29.3 Å². The molecule has 0 unspecified atom stereocenters. The fraction of sp³-hybridized carbons (Fsp3) is 0.292. The second-order valence-corrected chi connectivity index (χ2v) is 7.92. The van der Waals surface area contributed by atoms with Crippen molar-refractivity contribution in [1.82, 2.24) is 14.8 Å². The van der Waals surface area contributed by atoms with E-state index in [0.717, 1.165) is 22.0 Å². The van der Waals surface area contributed by atoms with Crippen LogP contribution in [0.4, 0.5) is 0 Å². The lowest BCUT2D eigenvalue weighted by molar-refractivity contribution is -0.134. The molecule has 5 rings (SSSR count). The number of amides is 3. The van der Waals surface area contributed by atoms with Crippen LogP contribution >= 0.6 is 0 Å². The second-order valence-electron chi connectivity index (χ2n) is 7.92. The molecule has 31 heavy (non-hydrogen) atoms. The molecular weight excluding hydrogens is 394 g/mol. The first-order valence-electron chi connectivity index (χ1n) is 10.5. The predicted octanol–water partition coefficient (Wildman–Crippen LogP) is 2.41. The van der Waals surface area contributed by atoms with Crippen LogP contribution in [0.2, 0.25) is 0 Å². The van der Waals surface area contributed by atoms with E-state index >= 15 is 0 Å². The van der Waals surface area contributed by atoms with Crippen molar-refractivity contribution < 1.29 is 19.1 Å². The summed E-state index contributed by atoms with van der Waals surface area (Å²) < 4.78 is 5.32. The predicted molar refractivity (Wildman–Crippen MR) is 115 cm³/mol. The lowest BCUT2D eigenvalue weighted by Crippen LogP contribution is -2.41. The fourth-order valence-electron chi connectivity index (χ4n) is 4.32. The van der Waals surface area contributed by atoms with Crippen LogP contribution < -0.4 is 0 Å². The molecule has 0 aliphatic carbocycles. The molecule has 2 aliphatic heterocycles. The van der Waals surface area contributed by atoms with Crippen LogP contribution in [0.3, 0.4) is 0 Å². The molecule has 0 saturated carbocycles. The molecule has 1 saturated heterocycles. The van der Waals surface area contributed by atoms with Crippen molar-refractivity contribution in [3.63, 3.8) is 0 Å². The number of morpholine rings is 1. The summed E-state index contributed by atoms with van der Waals surface area (Å²) in [6.45, 7) is 2.76. The Morgan fingerprint density at radius 3 is 2.42 bits per heavy atom. The standard InChI is InChI=1S/C24H23N3O4/c28-22(26-9-11-31-12-10-26)14-16-5-6-21-20(13-16)17(15-25-21)7-8-27-23(29)18-3-1-2-4-19(18)24(27)30/h1-6,13,15,25H,7-12,14H2. The summed E-state index contributed by atoms with van der Waals surface area (Å²) in [6.07, 6.45) is 2.81. The van der Waals surface area contributed by atoms with Crippen LogP contribution in [-0.2, 0) is 22.4 Å². The third-order valence-corrected chi connectivity index (χ3v) is 6.03. The average molecular weight is 417 g/mol. The molecule has 1 N–H and O–H groups in total. The molecule has 0 radical (unpaired) electrons. The molecule has 7 heteroatoms. The summed E-state index contributed by atoms with van der Waals surface area (Å²) in [5.74, 6) is -0.375. The summed E-state index contributed by atoms with van der Waals surface area (Å²) in [5.41, 5.74) is 3.88. The van der Waals surface area contributed by atoms with Gasteiger partial charge in [-0.3, -0.25) is 19.3 Å². The number of benzene rings is 2. The summed E-state index contributed by atoms with van der Waals surface area (Å²) in [6, 6.07) is 12.9. The highest BCUT2D eigenvalue weighted by molar-refractivity contribution is 6.21. The number of imide groups is 1. The molecule has 1 aromatic heterocycles. The maximum absolute atomic E-state index is 12.6. The molecule has 0 atom stereocenters. The van der Waals surface area contributed by atoms with Gasteiger partial charge in [-0.1, -0.05) is 18.2 Å². The minimum absolute atomic E-state index is 0.103. The molecular formula is C24H23N3O4. The largest absolute Gasteiger partial charge is 0.378 e. The maximum Gasteiger partial charge on any atom is 0.261 e. The van der Waals surface area contributed by atoms with Crippen LogP contribution in [0.5, 0.6) is 0 Å². The van der Waals surface area contributed by atoms with E-state index in [1.54, 1.807) is 24.3 Å². The quantitative estimate of drug-likeness (QED) is 0.647. The van der Waals surface area contributed by atoms with Crippen molar-refractivity contribution in [2.75, 3.05) is 32.8 Å². The molecule has 0 bridgehead atoms. The topological polar surface area (TPSA) is 82.7 Å². The van der Waals surface area contributed by atoms with Gasteiger partial charge in [0.2, 0.25) is 5.91 Å². The number of fused-ring (bicyclic) bond motifs is 2. The smallest absolute Gasteiger partial charge is 0.261 e. The van der Waals surface area contributed by atoms with E-state index in [1.165, 1.54) is 4.90 Å². The van der Waals surface area contributed by atoms with Gasteiger partial charge in [0.1, 0.15) is 0 Å². The van der Waals surface area contributed by atoms with E-state index in [-0.39, 0.29) is 17.7 Å². The van der Waals surface area contributed by atoms with Crippen molar-refractivity contribution >= 4 is 28.6 Å². The normalized spacial score (nSPS) is 16.3. The number of carbonyl (C=O) groups excluding carboxylic acids is 3. The van der Waals surface area contributed by atoms with E-state index in [2.05, 4.69) is 4.98 Å². The number of hydrogen-bond donors (Lipinski definition) is 1. The van der Waals surface area contributed by atoms with E-state index in [9.17, 15) is 14.4 Å². The molecule has 3 heterocycles. The SMILES string of the molecule is O=C(Cc1ccc2[nH]cc(CCN3C(=O)c4ccccc4C3=O)c2c1)N1CCOCC1. The van der Waals surface area contributed by atoms with Gasteiger partial charge in [-0.15, -0.1) is 0 Å². The summed E-state index contributed by atoms with van der Waals surface area (Å²) >= 11 is 0. The first-order chi connectivity index (χ1) is 15.1. The zero-order chi connectivity index (χ0) is 21.4. The van der Waals surface area contributed by atoms with Crippen LogP contribution in [0.25, 0.3) is 10.9 Å². The van der Waals surface area contributed by atoms with Gasteiger partial charge in [-0.25, -0.2) is 0 Å². The molecule has 1 fully saturated rings. The zero-order valence-corrected chi connectivity index (χ0v) is 17.1. The Hall–Kier alpha value is -3.45. The van der Waals surface area contributed by atoms with E-state index < -0.39 is 0 Å². The van der Waals surface area contributed by atoms with Crippen molar-refractivity contribution in [2.45, 2.75) is 12.8 Å². The van der Waals surface area contributed by atoms with Gasteiger partial charge in [0, 0.05) is 36.7 Å². The van der Waals surface area contributed by atoms with E-state index in [0.29, 0.717) is 56.8 Å². The molecule has 158 valence electrons. The van der Waals surface area contributed by atoms with Gasteiger partial charge in [-0.2, -0.15) is 0 Å². The molecule has 2 aromatic carbocycles. The number of H-pyrrole nitrogens is 1. The van der Waals surface area contributed by atoms with Crippen molar-refractivity contribution in [3.05, 3.63) is 70.9 Å². The highest BCUT2D eigenvalue weighted by Gasteiger charge is 2.34. The summed E-state index contributed by atoms with van der Waals surface area (Å²) in [5, 5.41) is 1.02. The third kappa shape index (κ3) is 3.61. The third-order valence-electron chi connectivity index (χ3n) is 6.03. The first kappa shape index (κ1) is 19.5. The fourth-order valence-corrected chi connectivity index (χ4v) is 4.32. The molecule has 2 aliphatic rings. The highest BCUT2D eigenvalue weighted by atomic mass is 16.5. The van der Waals surface area contributed by atoms with Crippen molar-refractivity contribution in [2.24, 2.45) is 0 Å². The van der Waals surface area contributed by atoms with Crippen LogP contribution in [0.15, 0.2) is 48.7 Å². The van der Waals surface area contributed by atoms with E-state index in [4.69, 9.17) is 4.74 Å². The number of ether oxygens (including phenoxy) is 1. The van der Waals surface area contributed by atoms with Gasteiger partial charge in [0.05, 0.1) is 30.8 Å². The summed E-state index contributed by atoms with van der Waals surface area (Å²) in [4.78, 5) is 44.2. The number of nitrogens with zero attached hydrogens (tertiary/aromatic N) is 2. The Labute approximate surface area is 179 Å². The molecule has 3 amide bonds. The second kappa shape index (κ2) is 8.00.